The van der Waals surface area contributed by atoms with Gasteiger partial charge in [-0.15, -0.1) is 5.10 Å². The molecule has 2 aliphatic rings. The Hall–Kier alpha value is -3.64. The maximum atomic E-state index is 12.5. The Morgan fingerprint density at radius 1 is 1.08 bits per heavy atom. The van der Waals surface area contributed by atoms with Crippen molar-refractivity contribution in [2.24, 2.45) is 10.1 Å². The fourth-order valence-corrected chi connectivity index (χ4v) is 4.93. The number of aliphatic imine (C=N–C) groups is 1. The highest BCUT2D eigenvalue weighted by Gasteiger charge is 2.38. The molecule has 0 radical (unpaired) electrons. The summed E-state index contributed by atoms with van der Waals surface area (Å²) < 4.78 is 40.3. The van der Waals surface area contributed by atoms with E-state index in [0.29, 0.717) is 36.7 Å². The number of benzene rings is 2. The summed E-state index contributed by atoms with van der Waals surface area (Å²) in [5.74, 6) is 0.872. The number of rotatable bonds is 8. The van der Waals surface area contributed by atoms with Gasteiger partial charge in [-0.3, -0.25) is 10.2 Å². The number of fused-ring (bicyclic) bond motifs is 1. The molecule has 10 nitrogen and oxygen atoms in total. The summed E-state index contributed by atoms with van der Waals surface area (Å²) in [5.41, 5.74) is 1.72. The zero-order chi connectivity index (χ0) is 25.9. The van der Waals surface area contributed by atoms with Crippen LogP contribution in [-0.4, -0.2) is 61.3 Å². The third-order valence-corrected chi connectivity index (χ3v) is 7.67. The maximum absolute atomic E-state index is 12.5. The van der Waals surface area contributed by atoms with Crippen LogP contribution in [0.3, 0.4) is 0 Å². The van der Waals surface area contributed by atoms with Gasteiger partial charge in [0.25, 0.3) is 5.91 Å². The Morgan fingerprint density at radius 3 is 2.50 bits per heavy atom. The molecule has 0 saturated carbocycles. The van der Waals surface area contributed by atoms with Crippen LogP contribution in [-0.2, 0) is 14.6 Å². The number of carbonyl (C=O) groups is 1. The number of aryl methyl sites for hydroxylation is 1. The molecule has 1 N–H and O–H groups in total. The first kappa shape index (κ1) is 25.5. The molecule has 0 atom stereocenters. The highest BCUT2D eigenvalue weighted by atomic mass is 32.3. The van der Waals surface area contributed by atoms with Gasteiger partial charge in [-0.1, -0.05) is 23.8 Å². The van der Waals surface area contributed by atoms with E-state index in [0.717, 1.165) is 28.8 Å². The Labute approximate surface area is 213 Å². The van der Waals surface area contributed by atoms with Gasteiger partial charge in [-0.25, -0.2) is 8.42 Å². The average Bonchev–Trinajstić information content (AvgIpc) is 3.28. The second-order valence-corrected chi connectivity index (χ2v) is 11.1. The van der Waals surface area contributed by atoms with E-state index in [9.17, 15) is 13.2 Å². The number of hydrogen-bond acceptors (Lipinski definition) is 9. The van der Waals surface area contributed by atoms with E-state index in [1.54, 1.807) is 18.2 Å². The van der Waals surface area contributed by atoms with Gasteiger partial charge in [0, 0.05) is 12.7 Å². The minimum Gasteiger partial charge on any atom is -0.493 e. The molecule has 2 heterocycles. The minimum atomic E-state index is -3.59. The molecular formula is C24H24N4O6S2. The van der Waals surface area contributed by atoms with Crippen molar-refractivity contribution in [1.82, 2.24) is 5.01 Å². The summed E-state index contributed by atoms with van der Waals surface area (Å²) >= 11 is 0.739. The lowest BCUT2D eigenvalue weighted by Gasteiger charge is -2.20. The van der Waals surface area contributed by atoms with Crippen molar-refractivity contribution in [3.63, 3.8) is 0 Å². The van der Waals surface area contributed by atoms with Gasteiger partial charge in [0.15, 0.2) is 17.3 Å². The van der Waals surface area contributed by atoms with Crippen molar-refractivity contribution in [3.8, 4) is 17.2 Å². The number of methoxy groups -OCH3 is 1. The van der Waals surface area contributed by atoms with Crippen LogP contribution in [0.2, 0.25) is 0 Å². The summed E-state index contributed by atoms with van der Waals surface area (Å²) in [4.78, 5) is 16.4. The molecule has 188 valence electrons. The third-order valence-electron chi connectivity index (χ3n) is 5.09. The van der Waals surface area contributed by atoms with E-state index in [1.165, 1.54) is 18.7 Å². The van der Waals surface area contributed by atoms with Gasteiger partial charge in [0.1, 0.15) is 5.75 Å². The standard InChI is InChI=1S/C24H24N4O6S2/c1-15-5-8-17(9-6-15)33-11-4-12-34-19-10-7-16(14-20(19)32-2)13-18-21(25)28-23(26-22(18)29)35-24(27-28)36(3,30)31/h5-10,13-14,25H,4,11-12H2,1-3H3/b18-13-,25-21?. The SMILES string of the molecule is COc1cc(/C=C2/C(=N)N3N=C(S(C)(=O)=O)SC3=NC2=O)ccc1OCCCOc1ccc(C)cc1. The quantitative estimate of drug-likeness (QED) is 0.407. The van der Waals surface area contributed by atoms with Gasteiger partial charge in [-0.2, -0.15) is 10.0 Å². The van der Waals surface area contributed by atoms with E-state index < -0.39 is 15.7 Å². The van der Waals surface area contributed by atoms with Crippen LogP contribution in [0.4, 0.5) is 0 Å². The zero-order valence-electron chi connectivity index (χ0n) is 19.8. The molecule has 0 saturated heterocycles. The number of amidine groups is 2. The molecule has 0 spiro atoms. The molecule has 2 aliphatic heterocycles. The van der Waals surface area contributed by atoms with Gasteiger partial charge in [-0.05, 0) is 54.6 Å². The topological polar surface area (TPSA) is 131 Å². The predicted octanol–water partition coefficient (Wildman–Crippen LogP) is 3.47. The normalized spacial score (nSPS) is 16.5. The molecule has 1 amide bonds. The first-order chi connectivity index (χ1) is 17.2. The van der Waals surface area contributed by atoms with E-state index in [2.05, 4.69) is 10.1 Å². The number of ether oxygens (including phenoxy) is 3. The van der Waals surface area contributed by atoms with Crippen molar-refractivity contribution in [3.05, 3.63) is 59.2 Å². The first-order valence-corrected chi connectivity index (χ1v) is 13.6. The lowest BCUT2D eigenvalue weighted by Crippen LogP contribution is -2.35. The van der Waals surface area contributed by atoms with Gasteiger partial charge in [0.05, 0.1) is 25.9 Å². The average molecular weight is 529 g/mol. The van der Waals surface area contributed by atoms with Crippen LogP contribution in [0, 0.1) is 12.3 Å². The zero-order valence-corrected chi connectivity index (χ0v) is 21.5. The Balaban J connectivity index is 1.41. The monoisotopic (exact) mass is 528 g/mol. The van der Waals surface area contributed by atoms with Gasteiger partial charge >= 0.3 is 0 Å². The van der Waals surface area contributed by atoms with Gasteiger partial charge in [0.2, 0.25) is 19.4 Å². The van der Waals surface area contributed by atoms with Crippen molar-refractivity contribution < 1.29 is 27.4 Å². The Kier molecular flexibility index (Phi) is 7.45. The highest BCUT2D eigenvalue weighted by Crippen LogP contribution is 2.32. The fraction of sp³-hybridized carbons (Fsp3) is 0.250. The highest BCUT2D eigenvalue weighted by molar-refractivity contribution is 8.42. The lowest BCUT2D eigenvalue weighted by atomic mass is 10.1. The molecule has 36 heavy (non-hydrogen) atoms. The minimum absolute atomic E-state index is 0.0261. The lowest BCUT2D eigenvalue weighted by molar-refractivity contribution is -0.114. The summed E-state index contributed by atoms with van der Waals surface area (Å²) in [6.45, 7) is 2.93. The summed E-state index contributed by atoms with van der Waals surface area (Å²) in [5, 5.41) is 13.4. The van der Waals surface area contributed by atoms with E-state index in [1.807, 2.05) is 31.2 Å². The third kappa shape index (κ3) is 5.77. The number of amides is 1. The molecular weight excluding hydrogens is 504 g/mol. The fourth-order valence-electron chi connectivity index (χ4n) is 3.25. The van der Waals surface area contributed by atoms with Gasteiger partial charge < -0.3 is 14.2 Å². The Morgan fingerprint density at radius 2 is 1.81 bits per heavy atom. The molecule has 0 unspecified atom stereocenters. The summed E-state index contributed by atoms with van der Waals surface area (Å²) in [6, 6.07) is 12.9. The van der Waals surface area contributed by atoms with E-state index >= 15 is 0 Å². The Bertz CT molecular complexity index is 1400. The molecule has 0 bridgehead atoms. The molecule has 0 aromatic heterocycles. The van der Waals surface area contributed by atoms with Crippen molar-refractivity contribution in [2.45, 2.75) is 13.3 Å². The number of carbonyl (C=O) groups excluding carboxylic acids is 1. The number of sulfone groups is 1. The molecule has 2 aromatic carbocycles. The van der Waals surface area contributed by atoms with E-state index in [4.69, 9.17) is 19.6 Å². The van der Waals surface area contributed by atoms with Crippen molar-refractivity contribution >= 4 is 49.0 Å². The second kappa shape index (κ2) is 10.5. The largest absolute Gasteiger partial charge is 0.493 e. The van der Waals surface area contributed by atoms with Crippen LogP contribution >= 0.6 is 11.8 Å². The number of thioether (sulfide) groups is 1. The smallest absolute Gasteiger partial charge is 0.283 e. The van der Waals surface area contributed by atoms with E-state index in [-0.39, 0.29) is 21.0 Å². The second-order valence-electron chi connectivity index (χ2n) is 7.93. The van der Waals surface area contributed by atoms with Crippen LogP contribution in [0.5, 0.6) is 17.2 Å². The van der Waals surface area contributed by atoms with Crippen molar-refractivity contribution in [2.75, 3.05) is 26.6 Å². The van der Waals surface area contributed by atoms with Crippen molar-refractivity contribution in [1.29, 1.82) is 5.41 Å². The molecule has 12 heteroatoms. The van der Waals surface area contributed by atoms with Crippen LogP contribution in [0.1, 0.15) is 17.5 Å². The summed E-state index contributed by atoms with van der Waals surface area (Å²) in [7, 11) is -2.09. The number of hydrazone groups is 1. The first-order valence-electron chi connectivity index (χ1n) is 10.9. The maximum Gasteiger partial charge on any atom is 0.283 e. The van der Waals surface area contributed by atoms with Crippen LogP contribution in [0.15, 0.2) is 58.1 Å². The molecule has 2 aromatic rings. The number of hydrogen-bond donors (Lipinski definition) is 1. The summed E-state index contributed by atoms with van der Waals surface area (Å²) in [6.07, 6.45) is 3.15. The number of nitrogens with one attached hydrogen (secondary N) is 1. The number of nitrogens with zero attached hydrogens (tertiary/aromatic N) is 3. The van der Waals surface area contributed by atoms with Crippen LogP contribution in [0.25, 0.3) is 6.08 Å². The van der Waals surface area contributed by atoms with Crippen LogP contribution < -0.4 is 14.2 Å². The molecule has 4 rings (SSSR count). The molecule has 0 aliphatic carbocycles. The molecule has 0 fully saturated rings. The predicted molar refractivity (Wildman–Crippen MR) is 140 cm³/mol.